The van der Waals surface area contributed by atoms with Crippen molar-refractivity contribution in [3.8, 4) is 5.75 Å². The van der Waals surface area contributed by atoms with Crippen LogP contribution in [0.5, 0.6) is 5.75 Å². The Morgan fingerprint density at radius 1 is 1.53 bits per heavy atom. The van der Waals surface area contributed by atoms with E-state index in [-0.39, 0.29) is 11.9 Å². The van der Waals surface area contributed by atoms with E-state index >= 15 is 0 Å². The second-order valence-electron chi connectivity index (χ2n) is 4.19. The first-order valence-corrected chi connectivity index (χ1v) is 5.44. The maximum atomic E-state index is 13.0. The van der Waals surface area contributed by atoms with Crippen molar-refractivity contribution in [2.45, 2.75) is 19.1 Å². The Morgan fingerprint density at radius 2 is 2.41 bits per heavy atom. The van der Waals surface area contributed by atoms with Crippen molar-refractivity contribution in [2.24, 2.45) is 0 Å². The van der Waals surface area contributed by atoms with Gasteiger partial charge in [-0.3, -0.25) is 4.68 Å². The molecular formula is C12H12FN3O. The lowest BCUT2D eigenvalue weighted by atomic mass is 10.1. The molecule has 4 nitrogen and oxygen atoms in total. The van der Waals surface area contributed by atoms with Gasteiger partial charge in [-0.25, -0.2) is 4.39 Å². The lowest BCUT2D eigenvalue weighted by Gasteiger charge is -2.10. The van der Waals surface area contributed by atoms with Crippen LogP contribution in [0.3, 0.4) is 0 Å². The number of hydrogen-bond acceptors (Lipinski definition) is 3. The predicted octanol–water partition coefficient (Wildman–Crippen LogP) is 1.61. The summed E-state index contributed by atoms with van der Waals surface area (Å²) >= 11 is 0. The molecule has 2 aromatic rings. The van der Waals surface area contributed by atoms with Crippen LogP contribution < -0.4 is 10.5 Å². The van der Waals surface area contributed by atoms with Crippen LogP contribution >= 0.6 is 0 Å². The van der Waals surface area contributed by atoms with Crippen molar-refractivity contribution in [2.75, 3.05) is 5.73 Å². The summed E-state index contributed by atoms with van der Waals surface area (Å²) in [4.78, 5) is 0. The van der Waals surface area contributed by atoms with Crippen LogP contribution in [-0.2, 0) is 13.0 Å². The molecule has 1 unspecified atom stereocenters. The minimum atomic E-state index is -0.226. The zero-order chi connectivity index (χ0) is 11.8. The van der Waals surface area contributed by atoms with Crippen molar-refractivity contribution in [1.82, 2.24) is 9.78 Å². The number of halogens is 1. The molecule has 3 rings (SSSR count). The second-order valence-corrected chi connectivity index (χ2v) is 4.19. The number of ether oxygens (including phenoxy) is 1. The Bertz CT molecular complexity index is 550. The maximum Gasteiger partial charge on any atom is 0.123 e. The van der Waals surface area contributed by atoms with E-state index in [1.54, 1.807) is 23.1 Å². The standard InChI is InChI=1S/C12H12FN3O/c13-9-1-2-12-8(3-9)4-11(17-12)7-16-6-10(14)5-15-16/h1-3,5-6,11H,4,7,14H2. The molecule has 0 saturated carbocycles. The lowest BCUT2D eigenvalue weighted by molar-refractivity contribution is 0.203. The summed E-state index contributed by atoms with van der Waals surface area (Å²) in [6.45, 7) is 0.619. The molecule has 1 aliphatic heterocycles. The summed E-state index contributed by atoms with van der Waals surface area (Å²) in [7, 11) is 0. The fourth-order valence-electron chi connectivity index (χ4n) is 2.08. The van der Waals surface area contributed by atoms with Gasteiger partial charge in [0.25, 0.3) is 0 Å². The van der Waals surface area contributed by atoms with E-state index < -0.39 is 0 Å². The van der Waals surface area contributed by atoms with Crippen molar-refractivity contribution in [3.05, 3.63) is 42.0 Å². The van der Waals surface area contributed by atoms with Gasteiger partial charge in [0.1, 0.15) is 17.7 Å². The topological polar surface area (TPSA) is 53.1 Å². The number of fused-ring (bicyclic) bond motifs is 1. The SMILES string of the molecule is Nc1cnn(CC2Cc3cc(F)ccc3O2)c1. The van der Waals surface area contributed by atoms with E-state index in [9.17, 15) is 4.39 Å². The molecular weight excluding hydrogens is 221 g/mol. The zero-order valence-corrected chi connectivity index (χ0v) is 9.14. The van der Waals surface area contributed by atoms with Gasteiger partial charge in [-0.15, -0.1) is 0 Å². The molecule has 0 aliphatic carbocycles. The van der Waals surface area contributed by atoms with Gasteiger partial charge in [-0.05, 0) is 18.2 Å². The molecule has 5 heteroatoms. The van der Waals surface area contributed by atoms with Gasteiger partial charge in [0.15, 0.2) is 0 Å². The molecule has 17 heavy (non-hydrogen) atoms. The highest BCUT2D eigenvalue weighted by atomic mass is 19.1. The number of anilines is 1. The third-order valence-electron chi connectivity index (χ3n) is 2.81. The fourth-order valence-corrected chi connectivity index (χ4v) is 2.08. The Balaban J connectivity index is 1.74. The molecule has 2 N–H and O–H groups in total. The molecule has 0 bridgehead atoms. The molecule has 1 aromatic carbocycles. The summed E-state index contributed by atoms with van der Waals surface area (Å²) in [5, 5.41) is 4.10. The normalized spacial score (nSPS) is 17.8. The van der Waals surface area contributed by atoms with Crippen LogP contribution in [0.1, 0.15) is 5.56 Å². The molecule has 1 aromatic heterocycles. The molecule has 0 radical (unpaired) electrons. The van der Waals surface area contributed by atoms with Crippen molar-refractivity contribution in [3.63, 3.8) is 0 Å². The average molecular weight is 233 g/mol. The fraction of sp³-hybridized carbons (Fsp3) is 0.250. The van der Waals surface area contributed by atoms with Crippen LogP contribution in [-0.4, -0.2) is 15.9 Å². The minimum Gasteiger partial charge on any atom is -0.488 e. The van der Waals surface area contributed by atoms with Gasteiger partial charge >= 0.3 is 0 Å². The molecule has 0 fully saturated rings. The minimum absolute atomic E-state index is 0.00824. The van der Waals surface area contributed by atoms with Crippen LogP contribution in [0.25, 0.3) is 0 Å². The number of nitrogens with zero attached hydrogens (tertiary/aromatic N) is 2. The van der Waals surface area contributed by atoms with Crippen molar-refractivity contribution < 1.29 is 9.13 Å². The van der Waals surface area contributed by atoms with Crippen molar-refractivity contribution in [1.29, 1.82) is 0 Å². The average Bonchev–Trinajstić information content (AvgIpc) is 2.84. The first-order valence-electron chi connectivity index (χ1n) is 5.44. The van der Waals surface area contributed by atoms with Gasteiger partial charge in [0.05, 0.1) is 18.4 Å². The van der Waals surface area contributed by atoms with Gasteiger partial charge < -0.3 is 10.5 Å². The number of nitrogen functional groups attached to an aromatic ring is 1. The predicted molar refractivity (Wildman–Crippen MR) is 61.2 cm³/mol. The molecule has 1 atom stereocenters. The van der Waals surface area contributed by atoms with Crippen LogP contribution in [0.4, 0.5) is 10.1 Å². The second kappa shape index (κ2) is 3.76. The smallest absolute Gasteiger partial charge is 0.123 e. The van der Waals surface area contributed by atoms with Gasteiger partial charge in [0.2, 0.25) is 0 Å². The Kier molecular flexibility index (Phi) is 2.24. The van der Waals surface area contributed by atoms with Crippen LogP contribution in [0, 0.1) is 5.82 Å². The highest BCUT2D eigenvalue weighted by molar-refractivity contribution is 5.38. The lowest BCUT2D eigenvalue weighted by Crippen LogP contribution is -2.21. The van der Waals surface area contributed by atoms with Gasteiger partial charge in [-0.1, -0.05) is 0 Å². The summed E-state index contributed by atoms with van der Waals surface area (Å²) < 4.78 is 20.5. The van der Waals surface area contributed by atoms with E-state index in [0.717, 1.165) is 11.3 Å². The van der Waals surface area contributed by atoms with Crippen LogP contribution in [0.15, 0.2) is 30.6 Å². The van der Waals surface area contributed by atoms with Crippen molar-refractivity contribution >= 4 is 5.69 Å². The van der Waals surface area contributed by atoms with Gasteiger partial charge in [0, 0.05) is 18.2 Å². The van der Waals surface area contributed by atoms with E-state index in [1.165, 1.54) is 12.1 Å². The largest absolute Gasteiger partial charge is 0.488 e. The monoisotopic (exact) mass is 233 g/mol. The summed E-state index contributed by atoms with van der Waals surface area (Å²) in [6, 6.07) is 4.60. The Hall–Kier alpha value is -2.04. The molecule has 0 spiro atoms. The third kappa shape index (κ3) is 1.95. The summed E-state index contributed by atoms with van der Waals surface area (Å²) in [5.74, 6) is 0.535. The van der Waals surface area contributed by atoms with E-state index in [0.29, 0.717) is 18.7 Å². The van der Waals surface area contributed by atoms with E-state index in [2.05, 4.69) is 5.10 Å². The number of nitrogens with two attached hydrogens (primary N) is 1. The molecule has 88 valence electrons. The van der Waals surface area contributed by atoms with E-state index in [4.69, 9.17) is 10.5 Å². The van der Waals surface area contributed by atoms with Gasteiger partial charge in [-0.2, -0.15) is 5.10 Å². The number of rotatable bonds is 2. The Labute approximate surface area is 97.8 Å². The highest BCUT2D eigenvalue weighted by Gasteiger charge is 2.23. The summed E-state index contributed by atoms with van der Waals surface area (Å²) in [5.41, 5.74) is 7.13. The van der Waals surface area contributed by atoms with E-state index in [1.807, 2.05) is 0 Å². The molecule has 2 heterocycles. The first-order chi connectivity index (χ1) is 8.20. The molecule has 0 saturated heterocycles. The number of benzene rings is 1. The maximum absolute atomic E-state index is 13.0. The molecule has 1 aliphatic rings. The third-order valence-corrected chi connectivity index (χ3v) is 2.81. The number of aromatic nitrogens is 2. The molecule has 0 amide bonds. The Morgan fingerprint density at radius 3 is 3.18 bits per heavy atom. The zero-order valence-electron chi connectivity index (χ0n) is 9.14. The summed E-state index contributed by atoms with van der Waals surface area (Å²) in [6.07, 6.45) is 4.05. The first kappa shape index (κ1) is 10.1. The quantitative estimate of drug-likeness (QED) is 0.857. The number of hydrogen-bond donors (Lipinski definition) is 1. The highest BCUT2D eigenvalue weighted by Crippen LogP contribution is 2.29. The van der Waals surface area contributed by atoms with Crippen LogP contribution in [0.2, 0.25) is 0 Å².